The average Bonchev–Trinajstić information content (AvgIpc) is 3.34. The number of carbonyl (C=O) groups is 2. The molecule has 0 unspecified atom stereocenters. The highest BCUT2D eigenvalue weighted by atomic mass is 32.1. The molecule has 2 amide bonds. The highest BCUT2D eigenvalue weighted by molar-refractivity contribution is 7.20. The lowest BCUT2D eigenvalue weighted by molar-refractivity contribution is 0.0943. The van der Waals surface area contributed by atoms with E-state index in [1.165, 1.54) is 11.3 Å². The van der Waals surface area contributed by atoms with Gasteiger partial charge in [-0.15, -0.1) is 11.3 Å². The Balaban J connectivity index is 1.37. The number of amides is 2. The van der Waals surface area contributed by atoms with Crippen molar-refractivity contribution in [3.63, 3.8) is 0 Å². The minimum atomic E-state index is -0.193. The lowest BCUT2D eigenvalue weighted by Crippen LogP contribution is -2.30. The second-order valence-electron chi connectivity index (χ2n) is 8.75. The molecule has 0 aliphatic carbocycles. The third-order valence-electron chi connectivity index (χ3n) is 5.55. The molecule has 5 rings (SSSR count). The molecule has 8 heteroatoms. The Morgan fingerprint density at radius 3 is 2.35 bits per heavy atom. The molecule has 0 aliphatic heterocycles. The molecule has 3 heterocycles. The van der Waals surface area contributed by atoms with Gasteiger partial charge in [0, 0.05) is 34.6 Å². The molecule has 0 bridgehead atoms. The summed E-state index contributed by atoms with van der Waals surface area (Å²) >= 11 is 1.36. The summed E-state index contributed by atoms with van der Waals surface area (Å²) in [6, 6.07) is 26.3. The SMILES string of the molecule is CC(C)NC(=O)c1ccc(-c2ccc(NC(=O)c3cc4cccnc4s3)cc2)nc1Nc1ccccc1. The van der Waals surface area contributed by atoms with Gasteiger partial charge in [0.2, 0.25) is 0 Å². The van der Waals surface area contributed by atoms with Crippen molar-refractivity contribution in [2.75, 3.05) is 10.6 Å². The van der Waals surface area contributed by atoms with E-state index in [0.29, 0.717) is 27.6 Å². The van der Waals surface area contributed by atoms with Gasteiger partial charge < -0.3 is 16.0 Å². The van der Waals surface area contributed by atoms with E-state index >= 15 is 0 Å². The van der Waals surface area contributed by atoms with Crippen LogP contribution in [0.4, 0.5) is 17.2 Å². The molecule has 0 saturated heterocycles. The predicted octanol–water partition coefficient (Wildman–Crippen LogP) is 6.49. The van der Waals surface area contributed by atoms with Crippen molar-refractivity contribution in [2.24, 2.45) is 0 Å². The molecule has 0 saturated carbocycles. The number of hydrogen-bond acceptors (Lipinski definition) is 6. The number of thiophene rings is 1. The van der Waals surface area contributed by atoms with Gasteiger partial charge in [-0.1, -0.05) is 36.4 Å². The summed E-state index contributed by atoms with van der Waals surface area (Å²) < 4.78 is 0. The molecule has 2 aromatic carbocycles. The first kappa shape index (κ1) is 24.1. The van der Waals surface area contributed by atoms with Gasteiger partial charge >= 0.3 is 0 Å². The Morgan fingerprint density at radius 2 is 1.62 bits per heavy atom. The van der Waals surface area contributed by atoms with Gasteiger partial charge in [-0.2, -0.15) is 0 Å². The summed E-state index contributed by atoms with van der Waals surface area (Å²) in [6.07, 6.45) is 1.72. The van der Waals surface area contributed by atoms with E-state index in [-0.39, 0.29) is 17.9 Å². The quantitative estimate of drug-likeness (QED) is 0.234. The van der Waals surface area contributed by atoms with Gasteiger partial charge in [-0.25, -0.2) is 9.97 Å². The number of hydrogen-bond donors (Lipinski definition) is 3. The van der Waals surface area contributed by atoms with Crippen molar-refractivity contribution in [2.45, 2.75) is 19.9 Å². The van der Waals surface area contributed by atoms with E-state index in [9.17, 15) is 9.59 Å². The highest BCUT2D eigenvalue weighted by Crippen LogP contribution is 2.27. The number of nitrogens with zero attached hydrogens (tertiary/aromatic N) is 2. The number of aromatic nitrogens is 2. The summed E-state index contributed by atoms with van der Waals surface area (Å²) in [7, 11) is 0. The van der Waals surface area contributed by atoms with Gasteiger partial charge in [0.15, 0.2) is 0 Å². The zero-order valence-electron chi connectivity index (χ0n) is 20.4. The van der Waals surface area contributed by atoms with Crippen LogP contribution < -0.4 is 16.0 Å². The highest BCUT2D eigenvalue weighted by Gasteiger charge is 2.16. The van der Waals surface area contributed by atoms with Gasteiger partial charge in [-0.3, -0.25) is 9.59 Å². The smallest absolute Gasteiger partial charge is 0.265 e. The first-order chi connectivity index (χ1) is 18.0. The monoisotopic (exact) mass is 507 g/mol. The van der Waals surface area contributed by atoms with Crippen LogP contribution in [-0.2, 0) is 0 Å². The Bertz CT molecular complexity index is 1530. The maximum atomic E-state index is 12.8. The molecule has 0 spiro atoms. The first-order valence-electron chi connectivity index (χ1n) is 11.9. The topological polar surface area (TPSA) is 96.0 Å². The van der Waals surface area contributed by atoms with Gasteiger partial charge in [0.25, 0.3) is 11.8 Å². The molecule has 3 aromatic heterocycles. The molecular weight excluding hydrogens is 482 g/mol. The molecule has 3 N–H and O–H groups in total. The maximum absolute atomic E-state index is 12.8. The number of nitrogens with one attached hydrogen (secondary N) is 3. The first-order valence-corrected chi connectivity index (χ1v) is 12.7. The average molecular weight is 508 g/mol. The molecule has 37 heavy (non-hydrogen) atoms. The van der Waals surface area contributed by atoms with Crippen molar-refractivity contribution in [1.82, 2.24) is 15.3 Å². The summed E-state index contributed by atoms with van der Waals surface area (Å²) in [6.45, 7) is 3.84. The lowest BCUT2D eigenvalue weighted by atomic mass is 10.1. The fourth-order valence-electron chi connectivity index (χ4n) is 3.80. The predicted molar refractivity (Wildman–Crippen MR) is 150 cm³/mol. The molecule has 0 atom stereocenters. The number of benzene rings is 2. The molecule has 0 aliphatic rings. The van der Waals surface area contributed by atoms with Crippen LogP contribution in [-0.4, -0.2) is 27.8 Å². The van der Waals surface area contributed by atoms with E-state index < -0.39 is 0 Å². The van der Waals surface area contributed by atoms with Crippen LogP contribution in [0.2, 0.25) is 0 Å². The van der Waals surface area contributed by atoms with Crippen molar-refractivity contribution >= 4 is 50.6 Å². The summed E-state index contributed by atoms with van der Waals surface area (Å²) in [4.78, 5) is 36.1. The van der Waals surface area contributed by atoms with Gasteiger partial charge in [-0.05, 0) is 62.4 Å². The van der Waals surface area contributed by atoms with Crippen LogP contribution in [0, 0.1) is 0 Å². The Labute approximate surface area is 218 Å². The van der Waals surface area contributed by atoms with Gasteiger partial charge in [0.05, 0.1) is 16.1 Å². The molecule has 0 fully saturated rings. The van der Waals surface area contributed by atoms with E-state index in [1.807, 2.05) is 92.7 Å². The van der Waals surface area contributed by atoms with Crippen LogP contribution in [0.25, 0.3) is 21.5 Å². The number of anilines is 3. The summed E-state index contributed by atoms with van der Waals surface area (Å²) in [5.41, 5.74) is 3.53. The molecular formula is C29H25N5O2S. The van der Waals surface area contributed by atoms with Crippen LogP contribution in [0.15, 0.2) is 91.1 Å². The van der Waals surface area contributed by atoms with E-state index in [4.69, 9.17) is 4.98 Å². The van der Waals surface area contributed by atoms with Crippen molar-refractivity contribution in [1.29, 1.82) is 0 Å². The number of pyridine rings is 2. The summed E-state index contributed by atoms with van der Waals surface area (Å²) in [5, 5.41) is 10.1. The minimum absolute atomic E-state index is 0.00309. The molecule has 184 valence electrons. The molecule has 0 radical (unpaired) electrons. The van der Waals surface area contributed by atoms with Crippen LogP contribution in [0.5, 0.6) is 0 Å². The standard InChI is InChI=1S/C29H25N5O2S/c1-18(2)31-27(35)23-14-15-24(34-26(23)32-21-8-4-3-5-9-21)19-10-12-22(13-11-19)33-28(36)25-17-20-7-6-16-30-29(20)37-25/h3-18H,1-2H3,(H,31,35)(H,32,34)(H,33,36). The van der Waals surface area contributed by atoms with Crippen molar-refractivity contribution in [3.8, 4) is 11.3 Å². The number of para-hydroxylation sites is 1. The summed E-state index contributed by atoms with van der Waals surface area (Å²) in [5.74, 6) is 0.100. The number of carbonyl (C=O) groups excluding carboxylic acids is 2. The van der Waals surface area contributed by atoms with Crippen molar-refractivity contribution in [3.05, 3.63) is 102 Å². The zero-order chi connectivity index (χ0) is 25.8. The van der Waals surface area contributed by atoms with E-state index in [2.05, 4.69) is 20.9 Å². The minimum Gasteiger partial charge on any atom is -0.350 e. The zero-order valence-corrected chi connectivity index (χ0v) is 21.2. The third kappa shape index (κ3) is 5.65. The third-order valence-corrected chi connectivity index (χ3v) is 6.61. The van der Waals surface area contributed by atoms with Crippen LogP contribution in [0.3, 0.4) is 0 Å². The Morgan fingerprint density at radius 1 is 0.838 bits per heavy atom. The maximum Gasteiger partial charge on any atom is 0.265 e. The Hall–Kier alpha value is -4.56. The number of rotatable bonds is 7. The lowest BCUT2D eigenvalue weighted by Gasteiger charge is -2.15. The van der Waals surface area contributed by atoms with E-state index in [0.717, 1.165) is 21.5 Å². The largest absolute Gasteiger partial charge is 0.350 e. The molecule has 7 nitrogen and oxygen atoms in total. The van der Waals surface area contributed by atoms with Gasteiger partial charge in [0.1, 0.15) is 10.6 Å². The second kappa shape index (κ2) is 10.6. The molecule has 5 aromatic rings. The van der Waals surface area contributed by atoms with Crippen molar-refractivity contribution < 1.29 is 9.59 Å². The Kier molecular flexibility index (Phi) is 6.91. The van der Waals surface area contributed by atoms with Crippen LogP contribution >= 0.6 is 11.3 Å². The normalized spacial score (nSPS) is 10.9. The number of fused-ring (bicyclic) bond motifs is 1. The van der Waals surface area contributed by atoms with Crippen LogP contribution in [0.1, 0.15) is 33.9 Å². The second-order valence-corrected chi connectivity index (χ2v) is 9.78. The fraction of sp³-hybridized carbons (Fsp3) is 0.103. The van der Waals surface area contributed by atoms with E-state index in [1.54, 1.807) is 12.3 Å². The fourth-order valence-corrected chi connectivity index (χ4v) is 4.70.